The first-order chi connectivity index (χ1) is 7.17. The molecule has 0 heterocycles. The van der Waals surface area contributed by atoms with Crippen molar-refractivity contribution in [2.45, 2.75) is 0 Å². The van der Waals surface area contributed by atoms with Gasteiger partial charge in [0.15, 0.2) is 6.29 Å². The van der Waals surface area contributed by atoms with Gasteiger partial charge in [-0.2, -0.15) is 0 Å². The van der Waals surface area contributed by atoms with Crippen molar-refractivity contribution in [3.8, 4) is 11.8 Å². The summed E-state index contributed by atoms with van der Waals surface area (Å²) in [4.78, 5) is 21.2. The van der Waals surface area contributed by atoms with Gasteiger partial charge in [0.2, 0.25) is 0 Å². The van der Waals surface area contributed by atoms with Crippen LogP contribution in [-0.2, 0) is 9.53 Å². The predicted molar refractivity (Wildman–Crippen MR) is 50.7 cm³/mol. The predicted octanol–water partition coefficient (Wildman–Crippen LogP) is 1.16. The Kier molecular flexibility index (Phi) is 3.58. The molecule has 0 aliphatic carbocycles. The van der Waals surface area contributed by atoms with Crippen molar-refractivity contribution in [3.63, 3.8) is 0 Å². The van der Waals surface area contributed by atoms with Crippen molar-refractivity contribution in [1.82, 2.24) is 0 Å². The third-order valence-electron chi connectivity index (χ3n) is 1.63. The maximum atomic E-state index is 12.7. The van der Waals surface area contributed by atoms with Gasteiger partial charge < -0.3 is 4.74 Å². The molecule has 1 rings (SSSR count). The van der Waals surface area contributed by atoms with Crippen LogP contribution in [0.25, 0.3) is 0 Å². The fourth-order valence-corrected chi connectivity index (χ4v) is 0.914. The first-order valence-electron chi connectivity index (χ1n) is 4.02. The van der Waals surface area contributed by atoms with Crippen molar-refractivity contribution >= 4 is 12.3 Å². The second kappa shape index (κ2) is 4.91. The molecule has 0 atom stereocenters. The Morgan fingerprint density at radius 3 is 2.87 bits per heavy atom. The fraction of sp³-hybridized carbons (Fsp3) is 0.0909. The Labute approximate surface area is 85.9 Å². The number of carbonyl (C=O) groups is 2. The molecule has 0 amide bonds. The molecule has 76 valence electrons. The van der Waals surface area contributed by atoms with Crippen molar-refractivity contribution in [1.29, 1.82) is 0 Å². The summed E-state index contributed by atoms with van der Waals surface area (Å²) in [5.74, 6) is 3.33. The number of benzene rings is 1. The van der Waals surface area contributed by atoms with Crippen molar-refractivity contribution < 1.29 is 18.7 Å². The summed E-state index contributed by atoms with van der Waals surface area (Å²) in [5, 5.41) is 0. The van der Waals surface area contributed by atoms with Gasteiger partial charge in [-0.3, -0.25) is 4.79 Å². The van der Waals surface area contributed by atoms with Crippen LogP contribution in [-0.4, -0.2) is 19.4 Å². The van der Waals surface area contributed by atoms with Gasteiger partial charge in [-0.15, -0.1) is 0 Å². The molecule has 0 fully saturated rings. The number of aldehydes is 1. The summed E-state index contributed by atoms with van der Waals surface area (Å²) in [6.07, 6.45) is 0.477. The van der Waals surface area contributed by atoms with E-state index in [0.29, 0.717) is 6.29 Å². The molecular formula is C11H7FO3. The van der Waals surface area contributed by atoms with Crippen LogP contribution in [0.2, 0.25) is 0 Å². The molecule has 15 heavy (non-hydrogen) atoms. The quantitative estimate of drug-likeness (QED) is 0.393. The Bertz CT molecular complexity index is 455. The Morgan fingerprint density at radius 2 is 2.27 bits per heavy atom. The standard InChI is InChI=1S/C11H7FO3/c1-15-11(14)5-3-8-2-4-10(12)6-9(8)7-13/h2,4,6-7H,1H3. The van der Waals surface area contributed by atoms with E-state index in [0.717, 1.165) is 12.1 Å². The van der Waals surface area contributed by atoms with E-state index >= 15 is 0 Å². The van der Waals surface area contributed by atoms with Crippen LogP contribution in [0.5, 0.6) is 0 Å². The highest BCUT2D eigenvalue weighted by Crippen LogP contribution is 2.07. The van der Waals surface area contributed by atoms with Crippen molar-refractivity contribution in [2.75, 3.05) is 7.11 Å². The summed E-state index contributed by atoms with van der Waals surface area (Å²) in [5.41, 5.74) is 0.392. The Morgan fingerprint density at radius 1 is 1.53 bits per heavy atom. The minimum atomic E-state index is -0.712. The van der Waals surface area contributed by atoms with Crippen LogP contribution in [0.3, 0.4) is 0 Å². The lowest BCUT2D eigenvalue weighted by atomic mass is 10.1. The zero-order valence-corrected chi connectivity index (χ0v) is 7.91. The van der Waals surface area contributed by atoms with Gasteiger partial charge in [-0.1, -0.05) is 5.92 Å². The Balaban J connectivity index is 3.08. The minimum absolute atomic E-state index is 0.103. The van der Waals surface area contributed by atoms with E-state index in [-0.39, 0.29) is 11.1 Å². The van der Waals surface area contributed by atoms with E-state index < -0.39 is 11.8 Å². The van der Waals surface area contributed by atoms with Crippen LogP contribution in [0.15, 0.2) is 18.2 Å². The second-order valence-corrected chi connectivity index (χ2v) is 2.59. The van der Waals surface area contributed by atoms with E-state index in [9.17, 15) is 14.0 Å². The monoisotopic (exact) mass is 206 g/mol. The average Bonchev–Trinajstić information content (AvgIpc) is 2.26. The summed E-state index contributed by atoms with van der Waals surface area (Å²) in [7, 11) is 1.20. The highest BCUT2D eigenvalue weighted by molar-refractivity contribution is 5.90. The van der Waals surface area contributed by atoms with Gasteiger partial charge in [0.1, 0.15) is 5.82 Å². The molecule has 0 saturated heterocycles. The third-order valence-corrected chi connectivity index (χ3v) is 1.63. The molecule has 0 radical (unpaired) electrons. The lowest BCUT2D eigenvalue weighted by molar-refractivity contribution is -0.133. The highest BCUT2D eigenvalue weighted by Gasteiger charge is 2.00. The molecule has 3 nitrogen and oxygen atoms in total. The zero-order valence-electron chi connectivity index (χ0n) is 7.91. The number of hydrogen-bond donors (Lipinski definition) is 0. The first kappa shape index (κ1) is 10.9. The lowest BCUT2D eigenvalue weighted by Gasteiger charge is -1.95. The van der Waals surface area contributed by atoms with E-state index in [1.54, 1.807) is 0 Å². The van der Waals surface area contributed by atoms with E-state index in [1.165, 1.54) is 13.2 Å². The normalized spacial score (nSPS) is 8.67. The van der Waals surface area contributed by atoms with Gasteiger partial charge in [0.25, 0.3) is 0 Å². The number of carbonyl (C=O) groups excluding carboxylic acids is 2. The van der Waals surface area contributed by atoms with Gasteiger partial charge >= 0.3 is 5.97 Å². The topological polar surface area (TPSA) is 43.4 Å². The molecular weight excluding hydrogens is 199 g/mol. The maximum Gasteiger partial charge on any atom is 0.384 e. The van der Waals surface area contributed by atoms with Crippen LogP contribution in [0.4, 0.5) is 4.39 Å². The molecule has 0 aliphatic heterocycles. The van der Waals surface area contributed by atoms with Crippen molar-refractivity contribution in [2.24, 2.45) is 0 Å². The van der Waals surface area contributed by atoms with E-state index in [4.69, 9.17) is 0 Å². The summed E-state index contributed by atoms with van der Waals surface area (Å²) < 4.78 is 17.0. The second-order valence-electron chi connectivity index (χ2n) is 2.59. The molecule has 1 aromatic rings. The molecule has 0 spiro atoms. The fourth-order valence-electron chi connectivity index (χ4n) is 0.914. The maximum absolute atomic E-state index is 12.7. The molecule has 1 aromatic carbocycles. The molecule has 0 N–H and O–H groups in total. The largest absolute Gasteiger partial charge is 0.459 e. The van der Waals surface area contributed by atoms with Crippen LogP contribution < -0.4 is 0 Å². The van der Waals surface area contributed by atoms with Gasteiger partial charge in [-0.25, -0.2) is 9.18 Å². The molecule has 0 saturated carbocycles. The average molecular weight is 206 g/mol. The van der Waals surface area contributed by atoms with Crippen LogP contribution >= 0.6 is 0 Å². The number of hydrogen-bond acceptors (Lipinski definition) is 3. The third kappa shape index (κ3) is 2.92. The summed E-state index contributed by atoms with van der Waals surface area (Å²) in [6.45, 7) is 0. The number of halogens is 1. The van der Waals surface area contributed by atoms with Gasteiger partial charge in [0, 0.05) is 17.0 Å². The molecule has 0 aliphatic rings. The Hall–Kier alpha value is -2.15. The summed E-state index contributed by atoms with van der Waals surface area (Å²) in [6, 6.07) is 3.54. The number of rotatable bonds is 1. The zero-order chi connectivity index (χ0) is 11.3. The minimum Gasteiger partial charge on any atom is -0.459 e. The molecule has 0 unspecified atom stereocenters. The molecule has 4 heteroatoms. The number of ether oxygens (including phenoxy) is 1. The van der Waals surface area contributed by atoms with Gasteiger partial charge in [0.05, 0.1) is 7.11 Å². The highest BCUT2D eigenvalue weighted by atomic mass is 19.1. The lowest BCUT2D eigenvalue weighted by Crippen LogP contribution is -1.95. The van der Waals surface area contributed by atoms with Crippen molar-refractivity contribution in [3.05, 3.63) is 35.1 Å². The van der Waals surface area contributed by atoms with Crippen LogP contribution in [0.1, 0.15) is 15.9 Å². The van der Waals surface area contributed by atoms with Crippen LogP contribution in [0, 0.1) is 17.7 Å². The number of esters is 1. The SMILES string of the molecule is COC(=O)C#Cc1ccc(F)cc1C=O. The van der Waals surface area contributed by atoms with E-state index in [2.05, 4.69) is 16.6 Å². The van der Waals surface area contributed by atoms with E-state index in [1.807, 2.05) is 0 Å². The molecule has 0 bridgehead atoms. The first-order valence-corrected chi connectivity index (χ1v) is 4.02. The molecule has 0 aromatic heterocycles. The number of methoxy groups -OCH3 is 1. The van der Waals surface area contributed by atoms with Gasteiger partial charge in [-0.05, 0) is 18.2 Å². The summed E-state index contributed by atoms with van der Waals surface area (Å²) >= 11 is 0. The smallest absolute Gasteiger partial charge is 0.384 e.